The molecule has 5 heteroatoms. The Bertz CT molecular complexity index is 309. The van der Waals surface area contributed by atoms with Crippen LogP contribution in [0.1, 0.15) is 47.5 Å². The molecule has 0 radical (unpaired) electrons. The van der Waals surface area contributed by atoms with Crippen molar-refractivity contribution in [2.45, 2.75) is 58.2 Å². The van der Waals surface area contributed by atoms with E-state index in [0.717, 1.165) is 50.9 Å². The average molecular weight is 316 g/mol. The van der Waals surface area contributed by atoms with E-state index in [2.05, 4.69) is 45.3 Å². The first-order valence-corrected chi connectivity index (χ1v) is 9.28. The third kappa shape index (κ3) is 6.47. The number of aliphatic imine (C=N–C) groups is 1. The van der Waals surface area contributed by atoms with Crippen LogP contribution in [0.25, 0.3) is 0 Å². The van der Waals surface area contributed by atoms with E-state index < -0.39 is 0 Å². The minimum Gasteiger partial charge on any atom is -0.381 e. The van der Waals surface area contributed by atoms with E-state index in [9.17, 15) is 0 Å². The SMILES string of the molecule is CCNC(=NCC1(SCC)CCOCC1)NC(C)C(C)C. The van der Waals surface area contributed by atoms with Crippen LogP contribution < -0.4 is 10.6 Å². The third-order valence-corrected chi connectivity index (χ3v) is 5.53. The highest BCUT2D eigenvalue weighted by Gasteiger charge is 2.32. The van der Waals surface area contributed by atoms with Crippen molar-refractivity contribution in [3.05, 3.63) is 0 Å². The van der Waals surface area contributed by atoms with Crippen molar-refractivity contribution in [1.29, 1.82) is 0 Å². The normalized spacial score (nSPS) is 20.4. The number of hydrogen-bond donors (Lipinski definition) is 2. The van der Waals surface area contributed by atoms with E-state index in [4.69, 9.17) is 9.73 Å². The fourth-order valence-electron chi connectivity index (χ4n) is 2.32. The van der Waals surface area contributed by atoms with Gasteiger partial charge in [0, 0.05) is 30.5 Å². The van der Waals surface area contributed by atoms with Crippen LogP contribution in [0.2, 0.25) is 0 Å². The molecule has 0 bridgehead atoms. The second-order valence-electron chi connectivity index (χ2n) is 6.10. The highest BCUT2D eigenvalue weighted by atomic mass is 32.2. The summed E-state index contributed by atoms with van der Waals surface area (Å²) in [5, 5.41) is 6.88. The van der Waals surface area contributed by atoms with Crippen LogP contribution >= 0.6 is 11.8 Å². The Labute approximate surface area is 134 Å². The van der Waals surface area contributed by atoms with Crippen LogP contribution in [0.4, 0.5) is 0 Å². The van der Waals surface area contributed by atoms with Crippen LogP contribution in [0, 0.1) is 5.92 Å². The van der Waals surface area contributed by atoms with Gasteiger partial charge >= 0.3 is 0 Å². The molecule has 0 aromatic heterocycles. The van der Waals surface area contributed by atoms with Crippen LogP contribution in [0.15, 0.2) is 4.99 Å². The molecule has 1 aliphatic heterocycles. The number of thioether (sulfide) groups is 1. The van der Waals surface area contributed by atoms with Gasteiger partial charge in [-0.25, -0.2) is 0 Å². The smallest absolute Gasteiger partial charge is 0.191 e. The Hall–Kier alpha value is -0.420. The zero-order chi connectivity index (χ0) is 15.7. The van der Waals surface area contributed by atoms with E-state index in [0.29, 0.717) is 12.0 Å². The maximum atomic E-state index is 5.53. The summed E-state index contributed by atoms with van der Waals surface area (Å²) >= 11 is 2.04. The minimum absolute atomic E-state index is 0.260. The van der Waals surface area contributed by atoms with Crippen molar-refractivity contribution in [3.8, 4) is 0 Å². The first-order valence-electron chi connectivity index (χ1n) is 8.29. The standard InChI is InChI=1S/C16H33N3OS/c1-6-17-15(19-14(5)13(3)4)18-12-16(21-7-2)8-10-20-11-9-16/h13-14H,6-12H2,1-5H3,(H2,17,18,19). The number of guanidine groups is 1. The van der Waals surface area contributed by atoms with Crippen LogP contribution in [0.3, 0.4) is 0 Å². The molecule has 0 aliphatic carbocycles. The van der Waals surface area contributed by atoms with Gasteiger partial charge in [0.15, 0.2) is 5.96 Å². The number of ether oxygens (including phenoxy) is 1. The molecule has 1 fully saturated rings. The summed E-state index contributed by atoms with van der Waals surface area (Å²) in [6, 6.07) is 0.423. The molecule has 1 saturated heterocycles. The van der Waals surface area contributed by atoms with Gasteiger partial charge in [-0.15, -0.1) is 0 Å². The lowest BCUT2D eigenvalue weighted by atomic mass is 9.99. The average Bonchev–Trinajstić information content (AvgIpc) is 2.46. The second-order valence-corrected chi connectivity index (χ2v) is 7.83. The molecule has 2 N–H and O–H groups in total. The Morgan fingerprint density at radius 1 is 1.24 bits per heavy atom. The zero-order valence-corrected chi connectivity index (χ0v) is 15.2. The van der Waals surface area contributed by atoms with Gasteiger partial charge in [0.05, 0.1) is 6.54 Å². The molecule has 1 unspecified atom stereocenters. The molecule has 0 spiro atoms. The first kappa shape index (κ1) is 18.6. The Morgan fingerprint density at radius 3 is 2.43 bits per heavy atom. The van der Waals surface area contributed by atoms with Gasteiger partial charge in [-0.3, -0.25) is 4.99 Å². The second kappa shape index (κ2) is 9.57. The van der Waals surface area contributed by atoms with Crippen molar-refractivity contribution in [2.75, 3.05) is 32.1 Å². The molecule has 0 aromatic carbocycles. The molecule has 1 aliphatic rings. The Morgan fingerprint density at radius 2 is 1.90 bits per heavy atom. The molecule has 1 heterocycles. The molecular formula is C16H33N3OS. The van der Waals surface area contributed by atoms with E-state index in [1.165, 1.54) is 0 Å². The van der Waals surface area contributed by atoms with Gasteiger partial charge in [-0.2, -0.15) is 11.8 Å². The number of nitrogens with one attached hydrogen (secondary N) is 2. The van der Waals surface area contributed by atoms with E-state index in [1.54, 1.807) is 0 Å². The number of nitrogens with zero attached hydrogens (tertiary/aromatic N) is 1. The molecule has 0 saturated carbocycles. The van der Waals surface area contributed by atoms with Crippen LogP contribution in [-0.2, 0) is 4.74 Å². The Kier molecular flexibility index (Phi) is 8.49. The molecule has 1 atom stereocenters. The third-order valence-electron chi connectivity index (χ3n) is 4.09. The van der Waals surface area contributed by atoms with Gasteiger partial charge in [-0.1, -0.05) is 20.8 Å². The summed E-state index contributed by atoms with van der Waals surface area (Å²) in [6.45, 7) is 14.5. The largest absolute Gasteiger partial charge is 0.381 e. The fraction of sp³-hybridized carbons (Fsp3) is 0.938. The van der Waals surface area contributed by atoms with Gasteiger partial charge in [0.2, 0.25) is 0 Å². The van der Waals surface area contributed by atoms with E-state index in [1.807, 2.05) is 11.8 Å². The molecule has 21 heavy (non-hydrogen) atoms. The summed E-state index contributed by atoms with van der Waals surface area (Å²) in [5.41, 5.74) is 0. The monoisotopic (exact) mass is 315 g/mol. The lowest BCUT2D eigenvalue weighted by molar-refractivity contribution is 0.0793. The first-order chi connectivity index (χ1) is 10.0. The van der Waals surface area contributed by atoms with Gasteiger partial charge in [-0.05, 0) is 38.4 Å². The van der Waals surface area contributed by atoms with E-state index in [-0.39, 0.29) is 4.75 Å². The van der Waals surface area contributed by atoms with Crippen molar-refractivity contribution in [3.63, 3.8) is 0 Å². The number of hydrogen-bond acceptors (Lipinski definition) is 3. The lowest BCUT2D eigenvalue weighted by Gasteiger charge is -2.35. The maximum absolute atomic E-state index is 5.53. The maximum Gasteiger partial charge on any atom is 0.191 e. The molecule has 0 amide bonds. The topological polar surface area (TPSA) is 45.7 Å². The summed E-state index contributed by atoms with van der Waals surface area (Å²) in [5.74, 6) is 2.68. The highest BCUT2D eigenvalue weighted by molar-refractivity contribution is 8.00. The molecule has 0 aromatic rings. The highest BCUT2D eigenvalue weighted by Crippen LogP contribution is 2.35. The minimum atomic E-state index is 0.260. The van der Waals surface area contributed by atoms with E-state index >= 15 is 0 Å². The summed E-state index contributed by atoms with van der Waals surface area (Å²) in [4.78, 5) is 4.87. The van der Waals surface area contributed by atoms with Crippen molar-refractivity contribution >= 4 is 17.7 Å². The predicted octanol–water partition coefficient (Wildman–Crippen LogP) is 2.89. The predicted molar refractivity (Wildman–Crippen MR) is 94.3 cm³/mol. The van der Waals surface area contributed by atoms with Crippen molar-refractivity contribution in [1.82, 2.24) is 10.6 Å². The van der Waals surface area contributed by atoms with Gasteiger partial charge in [0.1, 0.15) is 0 Å². The van der Waals surface area contributed by atoms with Crippen LogP contribution in [-0.4, -0.2) is 48.8 Å². The van der Waals surface area contributed by atoms with Crippen molar-refractivity contribution < 1.29 is 4.74 Å². The summed E-state index contributed by atoms with van der Waals surface area (Å²) in [7, 11) is 0. The summed E-state index contributed by atoms with van der Waals surface area (Å²) in [6.07, 6.45) is 2.21. The van der Waals surface area contributed by atoms with Gasteiger partial charge in [0.25, 0.3) is 0 Å². The van der Waals surface area contributed by atoms with Crippen molar-refractivity contribution in [2.24, 2.45) is 10.9 Å². The molecule has 4 nitrogen and oxygen atoms in total. The quantitative estimate of drug-likeness (QED) is 0.560. The fourth-order valence-corrected chi connectivity index (χ4v) is 3.55. The molecule has 124 valence electrons. The number of rotatable bonds is 7. The Balaban J connectivity index is 2.69. The molecule has 1 rings (SSSR count). The van der Waals surface area contributed by atoms with Gasteiger partial charge < -0.3 is 15.4 Å². The lowest BCUT2D eigenvalue weighted by Crippen LogP contribution is -2.45. The zero-order valence-electron chi connectivity index (χ0n) is 14.4. The summed E-state index contributed by atoms with van der Waals surface area (Å²) < 4.78 is 5.79. The molecular weight excluding hydrogens is 282 g/mol. The van der Waals surface area contributed by atoms with Crippen LogP contribution in [0.5, 0.6) is 0 Å².